The van der Waals surface area contributed by atoms with Crippen molar-refractivity contribution >= 4 is 21.9 Å². The Bertz CT molecular complexity index is 892. The molecule has 3 rings (SSSR count). The molecule has 30 heavy (non-hydrogen) atoms. The average molecular weight is 441 g/mol. The zero-order valence-corrected chi connectivity index (χ0v) is 18.2. The number of benzene rings is 1. The molecule has 2 aliphatic heterocycles. The maximum absolute atomic E-state index is 13.0. The number of sulfonamides is 1. The molecular formula is C20H28N2O7S. The third kappa shape index (κ3) is 4.70. The van der Waals surface area contributed by atoms with E-state index in [0.717, 1.165) is 0 Å². The third-order valence-corrected chi connectivity index (χ3v) is 7.29. The van der Waals surface area contributed by atoms with Gasteiger partial charge in [-0.15, -0.1) is 0 Å². The summed E-state index contributed by atoms with van der Waals surface area (Å²) in [7, 11) is -2.42. The molecule has 2 aliphatic rings. The number of esters is 1. The molecule has 1 amide bonds. The Balaban J connectivity index is 1.63. The van der Waals surface area contributed by atoms with Crippen molar-refractivity contribution in [3.05, 3.63) is 18.2 Å². The highest BCUT2D eigenvalue weighted by Gasteiger charge is 2.34. The molecule has 0 bridgehead atoms. The average Bonchev–Trinajstić information content (AvgIpc) is 2.76. The lowest BCUT2D eigenvalue weighted by Crippen LogP contribution is -2.49. The number of carbonyl (C=O) groups excluding carboxylic acids is 2. The van der Waals surface area contributed by atoms with Crippen LogP contribution in [0.5, 0.6) is 11.5 Å². The van der Waals surface area contributed by atoms with E-state index in [2.05, 4.69) is 5.32 Å². The van der Waals surface area contributed by atoms with Crippen LogP contribution in [0.15, 0.2) is 23.1 Å². The molecule has 0 spiro atoms. The minimum atomic E-state index is -3.71. The van der Waals surface area contributed by atoms with Crippen LogP contribution in [-0.2, 0) is 24.3 Å². The number of hydrogen-bond donors (Lipinski definition) is 1. The van der Waals surface area contributed by atoms with E-state index < -0.39 is 22.0 Å². The van der Waals surface area contributed by atoms with Gasteiger partial charge in [0.25, 0.3) is 0 Å². The fourth-order valence-electron chi connectivity index (χ4n) is 3.59. The minimum absolute atomic E-state index is 0.114. The molecule has 10 heteroatoms. The summed E-state index contributed by atoms with van der Waals surface area (Å²) < 4.78 is 43.1. The van der Waals surface area contributed by atoms with Crippen LogP contribution in [0.2, 0.25) is 0 Å². The monoisotopic (exact) mass is 440 g/mol. The fraction of sp³-hybridized carbons (Fsp3) is 0.600. The van der Waals surface area contributed by atoms with Crippen molar-refractivity contribution in [1.82, 2.24) is 9.62 Å². The van der Waals surface area contributed by atoms with E-state index in [-0.39, 0.29) is 35.7 Å². The van der Waals surface area contributed by atoms with Crippen LogP contribution in [0.3, 0.4) is 0 Å². The highest BCUT2D eigenvalue weighted by atomic mass is 32.2. The molecule has 1 unspecified atom stereocenters. The highest BCUT2D eigenvalue weighted by Crippen LogP contribution is 2.34. The van der Waals surface area contributed by atoms with Gasteiger partial charge in [-0.1, -0.05) is 13.8 Å². The summed E-state index contributed by atoms with van der Waals surface area (Å²) in [4.78, 5) is 24.6. The first-order valence-corrected chi connectivity index (χ1v) is 11.5. The van der Waals surface area contributed by atoms with Crippen molar-refractivity contribution in [3.63, 3.8) is 0 Å². The second-order valence-corrected chi connectivity index (χ2v) is 9.68. The summed E-state index contributed by atoms with van der Waals surface area (Å²) in [6.45, 7) is 4.90. The molecule has 0 aliphatic carbocycles. The predicted molar refractivity (Wildman–Crippen MR) is 108 cm³/mol. The van der Waals surface area contributed by atoms with Gasteiger partial charge < -0.3 is 19.5 Å². The maximum atomic E-state index is 13.0. The van der Waals surface area contributed by atoms with E-state index in [4.69, 9.17) is 14.2 Å². The predicted octanol–water partition coefficient (Wildman–Crippen LogP) is 1.17. The third-order valence-electron chi connectivity index (χ3n) is 5.40. The van der Waals surface area contributed by atoms with E-state index in [0.29, 0.717) is 37.6 Å². The summed E-state index contributed by atoms with van der Waals surface area (Å²) in [5, 5.41) is 2.74. The van der Waals surface area contributed by atoms with Crippen molar-refractivity contribution in [2.75, 3.05) is 33.4 Å². The molecule has 0 radical (unpaired) electrons. The molecule has 1 N–H and O–H groups in total. The van der Waals surface area contributed by atoms with Crippen LogP contribution in [-0.4, -0.2) is 64.1 Å². The second-order valence-electron chi connectivity index (χ2n) is 7.74. The Hall–Kier alpha value is -2.33. The SMILES string of the molecule is COC(=O)C(NC(=O)C1CCN(S(=O)(=O)c2ccc3c(c2)OCCO3)CC1)C(C)C. The van der Waals surface area contributed by atoms with Crippen LogP contribution in [0.25, 0.3) is 0 Å². The Morgan fingerprint density at radius 1 is 1.13 bits per heavy atom. The Labute approximate surface area is 176 Å². The topological polar surface area (TPSA) is 111 Å². The molecule has 1 saturated heterocycles. The number of nitrogens with zero attached hydrogens (tertiary/aromatic N) is 1. The van der Waals surface area contributed by atoms with Crippen LogP contribution in [0.1, 0.15) is 26.7 Å². The number of fused-ring (bicyclic) bond motifs is 1. The highest BCUT2D eigenvalue weighted by molar-refractivity contribution is 7.89. The summed E-state index contributed by atoms with van der Waals surface area (Å²) in [6, 6.07) is 3.86. The number of methoxy groups -OCH3 is 1. The number of carbonyl (C=O) groups is 2. The van der Waals surface area contributed by atoms with Crippen molar-refractivity contribution < 1.29 is 32.2 Å². The lowest BCUT2D eigenvalue weighted by Gasteiger charge is -2.32. The minimum Gasteiger partial charge on any atom is -0.486 e. The van der Waals surface area contributed by atoms with E-state index >= 15 is 0 Å². The van der Waals surface area contributed by atoms with Crippen LogP contribution in [0.4, 0.5) is 0 Å². The van der Waals surface area contributed by atoms with Gasteiger partial charge in [-0.2, -0.15) is 4.31 Å². The molecule has 2 heterocycles. The van der Waals surface area contributed by atoms with Gasteiger partial charge in [0, 0.05) is 25.1 Å². The van der Waals surface area contributed by atoms with Gasteiger partial charge in [-0.05, 0) is 30.9 Å². The maximum Gasteiger partial charge on any atom is 0.328 e. The molecule has 1 aromatic rings. The standard InChI is InChI=1S/C20H28N2O7S/c1-13(2)18(20(24)27-3)21-19(23)14-6-8-22(9-7-14)30(25,26)15-4-5-16-17(12-15)29-11-10-28-16/h4-5,12-14,18H,6-11H2,1-3H3,(H,21,23). The van der Waals surface area contributed by atoms with Crippen molar-refractivity contribution in [3.8, 4) is 11.5 Å². The molecule has 1 aromatic carbocycles. The summed E-state index contributed by atoms with van der Waals surface area (Å²) in [6.07, 6.45) is 0.753. The molecular weight excluding hydrogens is 412 g/mol. The van der Waals surface area contributed by atoms with Gasteiger partial charge in [0.15, 0.2) is 11.5 Å². The normalized spacial score (nSPS) is 18.7. The smallest absolute Gasteiger partial charge is 0.328 e. The first-order valence-electron chi connectivity index (χ1n) is 10.0. The molecule has 9 nitrogen and oxygen atoms in total. The quantitative estimate of drug-likeness (QED) is 0.661. The van der Waals surface area contributed by atoms with E-state index in [1.165, 1.54) is 23.5 Å². The van der Waals surface area contributed by atoms with Crippen molar-refractivity contribution in [2.24, 2.45) is 11.8 Å². The first kappa shape index (κ1) is 22.4. The van der Waals surface area contributed by atoms with E-state index in [9.17, 15) is 18.0 Å². The largest absolute Gasteiger partial charge is 0.486 e. The number of nitrogens with one attached hydrogen (secondary N) is 1. The summed E-state index contributed by atoms with van der Waals surface area (Å²) in [5.74, 6) is -0.271. The van der Waals surface area contributed by atoms with Gasteiger partial charge in [-0.25, -0.2) is 13.2 Å². The number of ether oxygens (including phenoxy) is 3. The molecule has 0 saturated carbocycles. The Kier molecular flexibility index (Phi) is 6.87. The summed E-state index contributed by atoms with van der Waals surface area (Å²) >= 11 is 0. The lowest BCUT2D eigenvalue weighted by molar-refractivity contribution is -0.147. The van der Waals surface area contributed by atoms with Gasteiger partial charge >= 0.3 is 5.97 Å². The molecule has 1 fully saturated rings. The Morgan fingerprint density at radius 2 is 1.77 bits per heavy atom. The first-order chi connectivity index (χ1) is 14.2. The van der Waals surface area contributed by atoms with Gasteiger partial charge in [0.1, 0.15) is 19.3 Å². The van der Waals surface area contributed by atoms with Gasteiger partial charge in [0.2, 0.25) is 15.9 Å². The molecule has 166 valence electrons. The number of rotatable bonds is 6. The van der Waals surface area contributed by atoms with Gasteiger partial charge in [-0.3, -0.25) is 4.79 Å². The van der Waals surface area contributed by atoms with Crippen LogP contribution < -0.4 is 14.8 Å². The molecule has 0 aromatic heterocycles. The number of amides is 1. The molecule has 1 atom stereocenters. The van der Waals surface area contributed by atoms with E-state index in [1.807, 2.05) is 13.8 Å². The fourth-order valence-corrected chi connectivity index (χ4v) is 5.07. The lowest BCUT2D eigenvalue weighted by atomic mass is 9.95. The van der Waals surface area contributed by atoms with Crippen molar-refractivity contribution in [1.29, 1.82) is 0 Å². The van der Waals surface area contributed by atoms with Crippen LogP contribution in [0, 0.1) is 11.8 Å². The second kappa shape index (κ2) is 9.22. The Morgan fingerprint density at radius 3 is 2.37 bits per heavy atom. The summed E-state index contributed by atoms with van der Waals surface area (Å²) in [5.41, 5.74) is 0. The zero-order chi connectivity index (χ0) is 21.9. The van der Waals surface area contributed by atoms with Crippen LogP contribution >= 0.6 is 0 Å². The number of piperidine rings is 1. The van der Waals surface area contributed by atoms with Crippen molar-refractivity contribution in [2.45, 2.75) is 37.6 Å². The van der Waals surface area contributed by atoms with Gasteiger partial charge in [0.05, 0.1) is 12.0 Å². The van der Waals surface area contributed by atoms with E-state index in [1.54, 1.807) is 6.07 Å². The number of hydrogen-bond acceptors (Lipinski definition) is 7. The zero-order valence-electron chi connectivity index (χ0n) is 17.4.